The van der Waals surface area contributed by atoms with Gasteiger partial charge in [0, 0.05) is 27.1 Å². The van der Waals surface area contributed by atoms with Crippen molar-refractivity contribution in [3.63, 3.8) is 0 Å². The van der Waals surface area contributed by atoms with Gasteiger partial charge in [-0.1, -0.05) is 0 Å². The third-order valence-corrected chi connectivity index (χ3v) is 2.24. The Morgan fingerprint density at radius 3 is 1.82 bits per heavy atom. The number of carbonyl (C=O) groups is 2. The average molecular weight is 255 g/mol. The Balaban J connectivity index is 0.000000325. The molecule has 0 aromatic rings. The highest BCUT2D eigenvalue weighted by Crippen LogP contribution is 2.11. The second-order valence-corrected chi connectivity index (χ2v) is 3.57. The molecule has 0 bridgehead atoms. The topological polar surface area (TPSA) is 66.6 Å². The van der Waals surface area contributed by atoms with Crippen molar-refractivity contribution in [2.75, 3.05) is 20.1 Å². The van der Waals surface area contributed by atoms with Gasteiger partial charge >= 0.3 is 12.1 Å². The number of hydrogen-bond acceptors (Lipinski definition) is 3. The summed E-state index contributed by atoms with van der Waals surface area (Å²) in [5.74, 6) is -2.13. The number of nitrogens with two attached hydrogens (primary N) is 1. The summed E-state index contributed by atoms with van der Waals surface area (Å²) in [5, 5.41) is 3.79. The quantitative estimate of drug-likeness (QED) is 0.742. The van der Waals surface area contributed by atoms with Crippen LogP contribution in [0.2, 0.25) is 0 Å². The van der Waals surface area contributed by atoms with Gasteiger partial charge in [-0.25, -0.2) is 5.01 Å². The van der Waals surface area contributed by atoms with E-state index in [9.17, 15) is 18.0 Å². The molecule has 0 aliphatic carbocycles. The van der Waals surface area contributed by atoms with Crippen molar-refractivity contribution in [2.24, 2.45) is 5.73 Å². The minimum absolute atomic E-state index is 0.127. The maximum Gasteiger partial charge on any atom is 0.470 e. The molecule has 1 saturated heterocycles. The van der Waals surface area contributed by atoms with Crippen LogP contribution in [0, 0.1) is 0 Å². The van der Waals surface area contributed by atoms with Crippen molar-refractivity contribution in [3.8, 4) is 0 Å². The van der Waals surface area contributed by atoms with Gasteiger partial charge in [-0.3, -0.25) is 14.6 Å². The molecule has 0 aromatic carbocycles. The molecule has 0 unspecified atom stereocenters. The highest BCUT2D eigenvalue weighted by atomic mass is 19.4. The molecule has 100 valence electrons. The molecule has 0 spiro atoms. The van der Waals surface area contributed by atoms with Crippen LogP contribution < -0.4 is 5.73 Å². The fraction of sp³-hybridized carbons (Fsp3) is 0.778. The summed E-state index contributed by atoms with van der Waals surface area (Å²) < 4.78 is 32.1. The molecule has 2 amide bonds. The van der Waals surface area contributed by atoms with E-state index in [1.54, 1.807) is 11.9 Å². The van der Waals surface area contributed by atoms with E-state index in [0.29, 0.717) is 0 Å². The second-order valence-electron chi connectivity index (χ2n) is 3.57. The van der Waals surface area contributed by atoms with Crippen LogP contribution in [0.25, 0.3) is 0 Å². The van der Waals surface area contributed by atoms with Crippen molar-refractivity contribution in [1.29, 1.82) is 0 Å². The largest absolute Gasteiger partial charge is 0.470 e. The normalized spacial score (nSPS) is 16.1. The lowest BCUT2D eigenvalue weighted by molar-refractivity contribution is -0.169. The minimum Gasteiger partial charge on any atom is -0.362 e. The lowest BCUT2D eigenvalue weighted by atomic mass is 10.4. The molecule has 1 heterocycles. The van der Waals surface area contributed by atoms with Gasteiger partial charge in [0.2, 0.25) is 5.91 Å². The van der Waals surface area contributed by atoms with Crippen LogP contribution in [0.5, 0.6) is 0 Å². The van der Waals surface area contributed by atoms with E-state index in [1.165, 1.54) is 12.8 Å². The van der Waals surface area contributed by atoms with Gasteiger partial charge in [-0.05, 0) is 12.8 Å². The predicted octanol–water partition coefficient (Wildman–Crippen LogP) is 0.509. The Bertz CT molecular complexity index is 275. The molecule has 1 aliphatic heterocycles. The number of rotatable bonds is 1. The number of amides is 2. The van der Waals surface area contributed by atoms with Crippen molar-refractivity contribution in [2.45, 2.75) is 25.9 Å². The van der Waals surface area contributed by atoms with E-state index in [1.807, 2.05) is 7.05 Å². The Labute approximate surface area is 97.3 Å². The van der Waals surface area contributed by atoms with E-state index in [4.69, 9.17) is 4.79 Å². The van der Waals surface area contributed by atoms with Gasteiger partial charge in [-0.15, -0.1) is 0 Å². The molecule has 0 atom stereocenters. The van der Waals surface area contributed by atoms with Crippen molar-refractivity contribution in [1.82, 2.24) is 10.0 Å². The first-order valence-corrected chi connectivity index (χ1v) is 5.02. The van der Waals surface area contributed by atoms with Crippen LogP contribution >= 0.6 is 0 Å². The smallest absolute Gasteiger partial charge is 0.362 e. The maximum absolute atomic E-state index is 10.8. The zero-order valence-electron chi connectivity index (χ0n) is 9.75. The summed E-state index contributed by atoms with van der Waals surface area (Å²) in [4.78, 5) is 19.9. The summed E-state index contributed by atoms with van der Waals surface area (Å²) in [6, 6.07) is 0. The average Bonchev–Trinajstić information content (AvgIpc) is 2.68. The molecule has 0 radical (unpaired) electrons. The SMILES string of the molecule is CC(=O)N(C)N1CCCC1.NC(=O)C(F)(F)F. The van der Waals surface area contributed by atoms with E-state index in [-0.39, 0.29) is 5.91 Å². The van der Waals surface area contributed by atoms with Crippen molar-refractivity contribution in [3.05, 3.63) is 0 Å². The van der Waals surface area contributed by atoms with Crippen molar-refractivity contribution >= 4 is 11.8 Å². The van der Waals surface area contributed by atoms with Gasteiger partial charge in [0.25, 0.3) is 0 Å². The lowest BCUT2D eigenvalue weighted by Crippen LogP contribution is -2.40. The number of carbonyl (C=O) groups excluding carboxylic acids is 2. The number of hydrogen-bond donors (Lipinski definition) is 1. The Morgan fingerprint density at radius 1 is 1.24 bits per heavy atom. The van der Waals surface area contributed by atoms with Crippen LogP contribution in [-0.2, 0) is 9.59 Å². The fourth-order valence-corrected chi connectivity index (χ4v) is 1.20. The van der Waals surface area contributed by atoms with Gasteiger partial charge in [0.1, 0.15) is 0 Å². The van der Waals surface area contributed by atoms with Gasteiger partial charge < -0.3 is 5.73 Å². The molecule has 1 fully saturated rings. The highest BCUT2D eigenvalue weighted by molar-refractivity contribution is 5.79. The van der Waals surface area contributed by atoms with Gasteiger partial charge in [0.15, 0.2) is 0 Å². The number of primary amides is 1. The number of halogens is 3. The number of hydrazine groups is 1. The molecule has 1 rings (SSSR count). The van der Waals surface area contributed by atoms with Crippen LogP contribution in [-0.4, -0.2) is 48.1 Å². The Hall–Kier alpha value is -1.31. The first-order valence-electron chi connectivity index (χ1n) is 5.02. The predicted molar refractivity (Wildman–Crippen MR) is 54.5 cm³/mol. The molecule has 1 aliphatic rings. The summed E-state index contributed by atoms with van der Waals surface area (Å²) in [5.41, 5.74) is 3.81. The molecule has 17 heavy (non-hydrogen) atoms. The van der Waals surface area contributed by atoms with Crippen LogP contribution in [0.3, 0.4) is 0 Å². The standard InChI is InChI=1S/C7H14N2O.C2H2F3NO/c1-7(10)8(2)9-5-3-4-6-9;3-2(4,5)1(6)7/h3-6H2,1-2H3;(H2,6,7). The molecule has 8 heteroatoms. The molecule has 0 aromatic heterocycles. The third kappa shape index (κ3) is 6.10. The zero-order valence-corrected chi connectivity index (χ0v) is 9.75. The van der Waals surface area contributed by atoms with Crippen molar-refractivity contribution < 1.29 is 22.8 Å². The molecule has 2 N–H and O–H groups in total. The van der Waals surface area contributed by atoms with Crippen LogP contribution in [0.1, 0.15) is 19.8 Å². The third-order valence-electron chi connectivity index (χ3n) is 2.24. The molecule has 0 saturated carbocycles. The number of nitrogens with zero attached hydrogens (tertiary/aromatic N) is 2. The van der Waals surface area contributed by atoms with Crippen LogP contribution in [0.15, 0.2) is 0 Å². The lowest BCUT2D eigenvalue weighted by Gasteiger charge is -2.25. The van der Waals surface area contributed by atoms with Crippen LogP contribution in [0.4, 0.5) is 13.2 Å². The summed E-state index contributed by atoms with van der Waals surface area (Å²) in [7, 11) is 1.83. The minimum atomic E-state index is -4.86. The first kappa shape index (κ1) is 15.7. The molecular formula is C9H16F3N3O2. The first-order chi connectivity index (χ1) is 7.66. The Morgan fingerprint density at radius 2 is 1.59 bits per heavy atom. The monoisotopic (exact) mass is 255 g/mol. The number of alkyl halides is 3. The van der Waals surface area contributed by atoms with E-state index < -0.39 is 12.1 Å². The summed E-state index contributed by atoms with van der Waals surface area (Å²) in [6.45, 7) is 3.67. The fourth-order valence-electron chi connectivity index (χ4n) is 1.20. The highest BCUT2D eigenvalue weighted by Gasteiger charge is 2.35. The van der Waals surface area contributed by atoms with Gasteiger partial charge in [-0.2, -0.15) is 13.2 Å². The Kier molecular flexibility index (Phi) is 5.94. The molecule has 5 nitrogen and oxygen atoms in total. The van der Waals surface area contributed by atoms with Gasteiger partial charge in [0.05, 0.1) is 0 Å². The molecular weight excluding hydrogens is 239 g/mol. The van der Waals surface area contributed by atoms with E-state index in [0.717, 1.165) is 13.1 Å². The zero-order chi connectivity index (χ0) is 13.6. The van der Waals surface area contributed by atoms with E-state index >= 15 is 0 Å². The summed E-state index contributed by atoms with van der Waals surface area (Å²) in [6.07, 6.45) is -2.42. The maximum atomic E-state index is 10.8. The second kappa shape index (κ2) is 6.43. The van der Waals surface area contributed by atoms with E-state index in [2.05, 4.69) is 10.7 Å². The summed E-state index contributed by atoms with van der Waals surface area (Å²) >= 11 is 0.